The molecule has 1 aliphatic carbocycles. The Bertz CT molecular complexity index is 490. The Hall–Kier alpha value is -1.55. The number of rotatable bonds is 5. The second-order valence-electron chi connectivity index (χ2n) is 6.64. The molecule has 3 rings (SSSR count). The van der Waals surface area contributed by atoms with Crippen LogP contribution in [-0.2, 0) is 10.2 Å². The lowest BCUT2D eigenvalue weighted by Gasteiger charge is -2.36. The van der Waals surface area contributed by atoms with Crippen LogP contribution in [0.1, 0.15) is 37.7 Å². The largest absolute Gasteiger partial charge is 0.381 e. The van der Waals surface area contributed by atoms with E-state index in [1.165, 1.54) is 24.8 Å². The summed E-state index contributed by atoms with van der Waals surface area (Å²) in [5.41, 5.74) is 7.49. The first-order valence-corrected chi connectivity index (χ1v) is 8.46. The van der Waals surface area contributed by atoms with Crippen molar-refractivity contribution in [2.24, 2.45) is 16.6 Å². The first-order valence-electron chi connectivity index (χ1n) is 8.46. The molecule has 1 aliphatic heterocycles. The molecule has 2 aliphatic rings. The van der Waals surface area contributed by atoms with Crippen LogP contribution in [0.5, 0.6) is 0 Å². The second-order valence-corrected chi connectivity index (χ2v) is 6.64. The highest BCUT2D eigenvalue weighted by Crippen LogP contribution is 2.35. The quantitative estimate of drug-likeness (QED) is 0.649. The van der Waals surface area contributed by atoms with Crippen molar-refractivity contribution in [2.45, 2.75) is 37.5 Å². The number of benzene rings is 1. The molecule has 0 unspecified atom stereocenters. The summed E-state index contributed by atoms with van der Waals surface area (Å²) in [6.07, 6.45) is 6.03. The van der Waals surface area contributed by atoms with Gasteiger partial charge in [-0.2, -0.15) is 0 Å². The number of nitrogens with one attached hydrogen (secondary N) is 1. The number of hydrogen-bond donors (Lipinski definition) is 2. The number of guanidine groups is 1. The molecule has 0 atom stereocenters. The minimum Gasteiger partial charge on any atom is -0.381 e. The molecule has 1 aromatic carbocycles. The van der Waals surface area contributed by atoms with Crippen LogP contribution < -0.4 is 11.1 Å². The average molecular weight is 301 g/mol. The summed E-state index contributed by atoms with van der Waals surface area (Å²) < 4.78 is 5.56. The fraction of sp³-hybridized carbons (Fsp3) is 0.611. The van der Waals surface area contributed by atoms with Gasteiger partial charge in [0.15, 0.2) is 5.96 Å². The number of nitrogens with two attached hydrogens (primary N) is 1. The van der Waals surface area contributed by atoms with Crippen molar-refractivity contribution in [2.75, 3.05) is 26.3 Å². The van der Waals surface area contributed by atoms with Crippen LogP contribution in [0.15, 0.2) is 35.3 Å². The van der Waals surface area contributed by atoms with Gasteiger partial charge in [-0.1, -0.05) is 36.8 Å². The van der Waals surface area contributed by atoms with Crippen LogP contribution in [0, 0.1) is 5.92 Å². The van der Waals surface area contributed by atoms with E-state index in [4.69, 9.17) is 10.5 Å². The minimum atomic E-state index is 0.0717. The van der Waals surface area contributed by atoms with Gasteiger partial charge >= 0.3 is 0 Å². The van der Waals surface area contributed by atoms with Gasteiger partial charge in [-0.3, -0.25) is 4.99 Å². The van der Waals surface area contributed by atoms with Gasteiger partial charge in [0, 0.05) is 25.2 Å². The van der Waals surface area contributed by atoms with E-state index in [1.54, 1.807) is 0 Å². The summed E-state index contributed by atoms with van der Waals surface area (Å²) in [5.74, 6) is 1.38. The first-order chi connectivity index (χ1) is 10.8. The molecular weight excluding hydrogens is 274 g/mol. The maximum absolute atomic E-state index is 6.06. The number of hydrogen-bond acceptors (Lipinski definition) is 2. The predicted molar refractivity (Wildman–Crippen MR) is 90.0 cm³/mol. The highest BCUT2D eigenvalue weighted by atomic mass is 16.5. The second kappa shape index (κ2) is 7.14. The molecule has 4 heteroatoms. The van der Waals surface area contributed by atoms with Crippen molar-refractivity contribution in [1.82, 2.24) is 5.32 Å². The minimum absolute atomic E-state index is 0.0717. The van der Waals surface area contributed by atoms with Gasteiger partial charge in [-0.25, -0.2) is 0 Å². The van der Waals surface area contributed by atoms with Crippen LogP contribution >= 0.6 is 0 Å². The van der Waals surface area contributed by atoms with E-state index in [0.717, 1.165) is 45.1 Å². The first kappa shape index (κ1) is 15.3. The molecule has 1 aromatic rings. The Morgan fingerprint density at radius 1 is 1.23 bits per heavy atom. The summed E-state index contributed by atoms with van der Waals surface area (Å²) >= 11 is 0. The van der Waals surface area contributed by atoms with Crippen molar-refractivity contribution in [3.05, 3.63) is 35.9 Å². The van der Waals surface area contributed by atoms with Crippen LogP contribution in [-0.4, -0.2) is 32.3 Å². The lowest BCUT2D eigenvalue weighted by Crippen LogP contribution is -2.40. The summed E-state index contributed by atoms with van der Waals surface area (Å²) in [7, 11) is 0. The van der Waals surface area contributed by atoms with E-state index < -0.39 is 0 Å². The van der Waals surface area contributed by atoms with Crippen molar-refractivity contribution in [3.8, 4) is 0 Å². The Kier molecular flexibility index (Phi) is 4.98. The molecule has 4 nitrogen and oxygen atoms in total. The van der Waals surface area contributed by atoms with Crippen molar-refractivity contribution < 1.29 is 4.74 Å². The fourth-order valence-electron chi connectivity index (χ4n) is 3.33. The zero-order valence-electron chi connectivity index (χ0n) is 13.3. The van der Waals surface area contributed by atoms with E-state index in [2.05, 4.69) is 40.6 Å². The topological polar surface area (TPSA) is 59.6 Å². The van der Waals surface area contributed by atoms with Crippen LogP contribution in [0.25, 0.3) is 0 Å². The number of aliphatic imine (C=N–C) groups is 1. The molecule has 0 radical (unpaired) electrons. The van der Waals surface area contributed by atoms with Crippen LogP contribution in [0.2, 0.25) is 0 Å². The van der Waals surface area contributed by atoms with Gasteiger partial charge < -0.3 is 15.8 Å². The number of ether oxygens (including phenoxy) is 1. The van der Waals surface area contributed by atoms with E-state index in [9.17, 15) is 0 Å². The normalized spacial score (nSPS) is 22.1. The van der Waals surface area contributed by atoms with Crippen molar-refractivity contribution in [3.63, 3.8) is 0 Å². The Labute approximate surface area is 133 Å². The summed E-state index contributed by atoms with van der Waals surface area (Å²) in [6, 6.07) is 10.7. The molecule has 3 N–H and O–H groups in total. The molecule has 0 bridgehead atoms. The third kappa shape index (κ3) is 3.61. The summed E-state index contributed by atoms with van der Waals surface area (Å²) in [4.78, 5) is 4.65. The maximum atomic E-state index is 6.06. The molecule has 22 heavy (non-hydrogen) atoms. The third-order valence-corrected chi connectivity index (χ3v) is 5.18. The van der Waals surface area contributed by atoms with Crippen molar-refractivity contribution in [1.29, 1.82) is 0 Å². The standard InChI is InChI=1S/C18H27N3O/c19-17(20-13-15-5-4-6-15)21-14-18(9-11-22-12-10-18)16-7-2-1-3-8-16/h1-3,7-8,15H,4-6,9-14H2,(H3,19,20,21). The number of nitrogens with zero attached hydrogens (tertiary/aromatic N) is 1. The highest BCUT2D eigenvalue weighted by Gasteiger charge is 2.34. The van der Waals surface area contributed by atoms with Gasteiger partial charge in [-0.05, 0) is 37.2 Å². The molecule has 0 aromatic heterocycles. The maximum Gasteiger partial charge on any atom is 0.188 e. The molecule has 2 fully saturated rings. The van der Waals surface area contributed by atoms with E-state index in [1.807, 2.05) is 0 Å². The molecule has 1 saturated carbocycles. The van der Waals surface area contributed by atoms with E-state index >= 15 is 0 Å². The lowest BCUT2D eigenvalue weighted by molar-refractivity contribution is 0.0531. The van der Waals surface area contributed by atoms with Crippen LogP contribution in [0.4, 0.5) is 0 Å². The third-order valence-electron chi connectivity index (χ3n) is 5.18. The molecule has 1 heterocycles. The highest BCUT2D eigenvalue weighted by molar-refractivity contribution is 5.77. The SMILES string of the molecule is NC(=NCC1(c2ccccc2)CCOCC1)NCC1CCC1. The summed E-state index contributed by atoms with van der Waals surface area (Å²) in [6.45, 7) is 3.32. The van der Waals surface area contributed by atoms with Gasteiger partial charge in [0.05, 0.1) is 6.54 Å². The summed E-state index contributed by atoms with van der Waals surface area (Å²) in [5, 5.41) is 3.29. The Morgan fingerprint density at radius 3 is 2.59 bits per heavy atom. The molecule has 0 spiro atoms. The average Bonchev–Trinajstić information content (AvgIpc) is 2.53. The van der Waals surface area contributed by atoms with Crippen molar-refractivity contribution >= 4 is 5.96 Å². The Balaban J connectivity index is 1.64. The van der Waals surface area contributed by atoms with E-state index in [-0.39, 0.29) is 5.41 Å². The molecule has 1 saturated heterocycles. The zero-order chi connectivity index (χ0) is 15.3. The predicted octanol–water partition coefficient (Wildman–Crippen LogP) is 2.44. The van der Waals surface area contributed by atoms with Gasteiger partial charge in [0.1, 0.15) is 0 Å². The zero-order valence-corrected chi connectivity index (χ0v) is 13.3. The lowest BCUT2D eigenvalue weighted by atomic mass is 9.74. The monoisotopic (exact) mass is 301 g/mol. The van der Waals surface area contributed by atoms with Gasteiger partial charge in [0.2, 0.25) is 0 Å². The molecular formula is C18H27N3O. The molecule has 120 valence electrons. The van der Waals surface area contributed by atoms with Gasteiger partial charge in [-0.15, -0.1) is 0 Å². The van der Waals surface area contributed by atoms with Crippen LogP contribution in [0.3, 0.4) is 0 Å². The fourth-order valence-corrected chi connectivity index (χ4v) is 3.33. The molecule has 0 amide bonds. The van der Waals surface area contributed by atoms with E-state index in [0.29, 0.717) is 5.96 Å². The smallest absolute Gasteiger partial charge is 0.188 e. The van der Waals surface area contributed by atoms with Gasteiger partial charge in [0.25, 0.3) is 0 Å². The Morgan fingerprint density at radius 2 is 1.95 bits per heavy atom.